The normalized spacial score (nSPS) is 11.3. The topological polar surface area (TPSA) is 75.0 Å². The zero-order valence-corrected chi connectivity index (χ0v) is 9.23. The molecule has 1 aromatic rings. The number of rotatable bonds is 4. The van der Waals surface area contributed by atoms with E-state index in [1.165, 1.54) is 19.5 Å². The van der Waals surface area contributed by atoms with Gasteiger partial charge in [0.2, 0.25) is 0 Å². The van der Waals surface area contributed by atoms with Crippen molar-refractivity contribution in [1.29, 1.82) is 5.26 Å². The van der Waals surface area contributed by atoms with Crippen LogP contribution in [-0.2, 0) is 0 Å². The Labute approximate surface area is 94.1 Å². The first-order chi connectivity index (χ1) is 7.69. The van der Waals surface area contributed by atoms with Crippen molar-refractivity contribution in [1.82, 2.24) is 10.3 Å². The van der Waals surface area contributed by atoms with Gasteiger partial charge in [-0.1, -0.05) is 0 Å². The number of nitrogens with one attached hydrogen (secondary N) is 1. The molecule has 0 saturated carbocycles. The summed E-state index contributed by atoms with van der Waals surface area (Å²) >= 11 is 0. The lowest BCUT2D eigenvalue weighted by Gasteiger charge is -2.12. The van der Waals surface area contributed by atoms with Gasteiger partial charge < -0.3 is 10.1 Å². The van der Waals surface area contributed by atoms with Crippen LogP contribution in [-0.4, -0.2) is 24.0 Å². The molecule has 5 heteroatoms. The lowest BCUT2D eigenvalue weighted by Crippen LogP contribution is -2.32. The zero-order chi connectivity index (χ0) is 12.0. The first-order valence-corrected chi connectivity index (χ1v) is 4.85. The number of amides is 1. The Bertz CT molecular complexity index is 412. The summed E-state index contributed by atoms with van der Waals surface area (Å²) in [7, 11) is 1.48. The van der Waals surface area contributed by atoms with Crippen LogP contribution >= 0.6 is 0 Å². The number of hydrogen-bond acceptors (Lipinski definition) is 4. The average Bonchev–Trinajstić information content (AvgIpc) is 2.29. The number of methoxy groups -OCH3 is 1. The average molecular weight is 219 g/mol. The standard InChI is InChI=1S/C11H13N3O2/c1-8(3-5-12)14-11(15)9-4-6-13-7-10(9)16-2/h4,6-8H,3H2,1-2H3,(H,14,15). The first kappa shape index (κ1) is 12.0. The number of aromatic nitrogens is 1. The van der Waals surface area contributed by atoms with Crippen LogP contribution in [0.2, 0.25) is 0 Å². The van der Waals surface area contributed by atoms with Crippen LogP contribution in [0.4, 0.5) is 0 Å². The Morgan fingerprint density at radius 1 is 1.75 bits per heavy atom. The molecular weight excluding hydrogens is 206 g/mol. The molecule has 84 valence electrons. The molecule has 0 aliphatic rings. The second-order valence-corrected chi connectivity index (χ2v) is 3.31. The summed E-state index contributed by atoms with van der Waals surface area (Å²) in [4.78, 5) is 15.6. The minimum atomic E-state index is -0.262. The van der Waals surface area contributed by atoms with Crippen LogP contribution in [0.3, 0.4) is 0 Å². The van der Waals surface area contributed by atoms with Gasteiger partial charge in [-0.25, -0.2) is 0 Å². The summed E-state index contributed by atoms with van der Waals surface area (Å²) in [5.74, 6) is 0.158. The number of nitrogens with zero attached hydrogens (tertiary/aromatic N) is 2. The molecule has 0 aromatic carbocycles. The SMILES string of the molecule is COc1cnccc1C(=O)NC(C)CC#N. The Kier molecular flexibility index (Phi) is 4.28. The van der Waals surface area contributed by atoms with Gasteiger partial charge in [-0.3, -0.25) is 9.78 Å². The molecule has 1 amide bonds. The smallest absolute Gasteiger partial charge is 0.255 e. The van der Waals surface area contributed by atoms with Crippen LogP contribution in [0, 0.1) is 11.3 Å². The molecule has 0 fully saturated rings. The third kappa shape index (κ3) is 2.95. The van der Waals surface area contributed by atoms with Gasteiger partial charge in [0, 0.05) is 12.2 Å². The van der Waals surface area contributed by atoms with E-state index in [1.54, 1.807) is 13.0 Å². The molecule has 0 radical (unpaired) electrons. The van der Waals surface area contributed by atoms with Crippen LogP contribution < -0.4 is 10.1 Å². The van der Waals surface area contributed by atoms with E-state index < -0.39 is 0 Å². The van der Waals surface area contributed by atoms with E-state index in [9.17, 15) is 4.79 Å². The van der Waals surface area contributed by atoms with Gasteiger partial charge in [-0.05, 0) is 13.0 Å². The van der Waals surface area contributed by atoms with Crippen LogP contribution in [0.25, 0.3) is 0 Å². The lowest BCUT2D eigenvalue weighted by atomic mass is 10.2. The van der Waals surface area contributed by atoms with Gasteiger partial charge in [0.1, 0.15) is 5.75 Å². The summed E-state index contributed by atoms with van der Waals surface area (Å²) in [6.45, 7) is 1.77. The third-order valence-corrected chi connectivity index (χ3v) is 2.02. The second kappa shape index (κ2) is 5.71. The quantitative estimate of drug-likeness (QED) is 0.823. The van der Waals surface area contributed by atoms with E-state index in [0.717, 1.165) is 0 Å². The maximum atomic E-state index is 11.8. The zero-order valence-electron chi connectivity index (χ0n) is 9.23. The summed E-state index contributed by atoms with van der Waals surface area (Å²) in [6.07, 6.45) is 3.27. The maximum Gasteiger partial charge on any atom is 0.255 e. The summed E-state index contributed by atoms with van der Waals surface area (Å²) < 4.78 is 5.02. The van der Waals surface area contributed by atoms with E-state index in [4.69, 9.17) is 10.00 Å². The predicted molar refractivity (Wildman–Crippen MR) is 57.9 cm³/mol. The Morgan fingerprint density at radius 3 is 3.12 bits per heavy atom. The van der Waals surface area contributed by atoms with Crippen molar-refractivity contribution in [3.63, 3.8) is 0 Å². The van der Waals surface area contributed by atoms with Gasteiger partial charge >= 0.3 is 0 Å². The maximum absolute atomic E-state index is 11.8. The molecule has 0 spiro atoms. The molecule has 0 bridgehead atoms. The fraction of sp³-hybridized carbons (Fsp3) is 0.364. The van der Waals surface area contributed by atoms with Crippen molar-refractivity contribution in [2.75, 3.05) is 7.11 Å². The summed E-state index contributed by atoms with van der Waals surface area (Å²) in [6, 6.07) is 3.39. The first-order valence-electron chi connectivity index (χ1n) is 4.85. The lowest BCUT2D eigenvalue weighted by molar-refractivity contribution is 0.0937. The second-order valence-electron chi connectivity index (χ2n) is 3.31. The molecule has 1 N–H and O–H groups in total. The molecule has 0 aliphatic carbocycles. The number of carbonyl (C=O) groups excluding carboxylic acids is 1. The largest absolute Gasteiger partial charge is 0.494 e. The number of carbonyl (C=O) groups is 1. The third-order valence-electron chi connectivity index (χ3n) is 2.02. The van der Waals surface area contributed by atoms with Gasteiger partial charge in [0.05, 0.1) is 31.4 Å². The van der Waals surface area contributed by atoms with Crippen molar-refractivity contribution >= 4 is 5.91 Å². The van der Waals surface area contributed by atoms with Crippen LogP contribution in [0.15, 0.2) is 18.5 Å². The predicted octanol–water partition coefficient (Wildman–Crippen LogP) is 1.12. The fourth-order valence-electron chi connectivity index (χ4n) is 1.22. The van der Waals surface area contributed by atoms with Crippen LogP contribution in [0.5, 0.6) is 5.75 Å². The minimum absolute atomic E-state index is 0.185. The fourth-order valence-corrected chi connectivity index (χ4v) is 1.22. The van der Waals surface area contributed by atoms with Gasteiger partial charge in [0.25, 0.3) is 5.91 Å². The van der Waals surface area contributed by atoms with E-state index in [1.807, 2.05) is 6.07 Å². The minimum Gasteiger partial charge on any atom is -0.494 e. The van der Waals surface area contributed by atoms with Crippen LogP contribution in [0.1, 0.15) is 23.7 Å². The van der Waals surface area contributed by atoms with Gasteiger partial charge in [-0.15, -0.1) is 0 Å². The van der Waals surface area contributed by atoms with E-state index in [0.29, 0.717) is 11.3 Å². The molecule has 1 aromatic heterocycles. The number of ether oxygens (including phenoxy) is 1. The molecule has 1 rings (SSSR count). The van der Waals surface area contributed by atoms with E-state index in [-0.39, 0.29) is 18.4 Å². The highest BCUT2D eigenvalue weighted by atomic mass is 16.5. The number of hydrogen-bond donors (Lipinski definition) is 1. The highest BCUT2D eigenvalue weighted by Gasteiger charge is 2.13. The molecule has 1 heterocycles. The molecule has 1 atom stereocenters. The van der Waals surface area contributed by atoms with Crippen molar-refractivity contribution in [2.45, 2.75) is 19.4 Å². The molecule has 0 saturated heterocycles. The van der Waals surface area contributed by atoms with E-state index in [2.05, 4.69) is 10.3 Å². The monoisotopic (exact) mass is 219 g/mol. The molecule has 1 unspecified atom stereocenters. The van der Waals surface area contributed by atoms with Crippen molar-refractivity contribution in [3.8, 4) is 11.8 Å². The molecule has 16 heavy (non-hydrogen) atoms. The Balaban J connectivity index is 2.77. The van der Waals surface area contributed by atoms with E-state index >= 15 is 0 Å². The van der Waals surface area contributed by atoms with Crippen molar-refractivity contribution in [2.24, 2.45) is 0 Å². The molecule has 5 nitrogen and oxygen atoms in total. The van der Waals surface area contributed by atoms with Crippen molar-refractivity contribution in [3.05, 3.63) is 24.0 Å². The Hall–Kier alpha value is -2.09. The summed E-state index contributed by atoms with van der Waals surface area (Å²) in [5, 5.41) is 11.2. The molecule has 0 aliphatic heterocycles. The Morgan fingerprint density at radius 2 is 2.50 bits per heavy atom. The highest BCUT2D eigenvalue weighted by Crippen LogP contribution is 2.15. The van der Waals surface area contributed by atoms with Gasteiger partial charge in [0.15, 0.2) is 0 Å². The number of nitriles is 1. The summed E-state index contributed by atoms with van der Waals surface area (Å²) in [5.41, 5.74) is 0.419. The molecular formula is C11H13N3O2. The highest BCUT2D eigenvalue weighted by molar-refractivity contribution is 5.96. The van der Waals surface area contributed by atoms with Crippen molar-refractivity contribution < 1.29 is 9.53 Å². The van der Waals surface area contributed by atoms with Gasteiger partial charge in [-0.2, -0.15) is 5.26 Å². The number of pyridine rings is 1.